The highest BCUT2D eigenvalue weighted by Gasteiger charge is 2.22. The molecule has 0 saturated carbocycles. The third kappa shape index (κ3) is 5.59. The minimum absolute atomic E-state index is 0.704. The Labute approximate surface area is 326 Å². The molecule has 260 valence electrons. The van der Waals surface area contributed by atoms with E-state index in [4.69, 9.17) is 9.97 Å². The molecule has 0 spiro atoms. The van der Waals surface area contributed by atoms with Crippen molar-refractivity contribution in [2.24, 2.45) is 0 Å². The van der Waals surface area contributed by atoms with Gasteiger partial charge in [-0.2, -0.15) is 0 Å². The second-order valence-corrected chi connectivity index (χ2v) is 14.6. The highest BCUT2D eigenvalue weighted by atomic mass is 14.9. The first-order chi connectivity index (χ1) is 27.7. The van der Waals surface area contributed by atoms with Gasteiger partial charge in [-0.25, -0.2) is 9.97 Å². The van der Waals surface area contributed by atoms with Gasteiger partial charge in [0.05, 0.1) is 11.4 Å². The molecule has 0 amide bonds. The monoisotopic (exact) mass is 710 g/mol. The number of rotatable bonds is 6. The predicted octanol–water partition coefficient (Wildman–Crippen LogP) is 14.4. The van der Waals surface area contributed by atoms with Gasteiger partial charge in [-0.1, -0.05) is 176 Å². The summed E-state index contributed by atoms with van der Waals surface area (Å²) in [6.07, 6.45) is 0. The average molecular weight is 711 g/mol. The third-order valence-electron chi connectivity index (χ3n) is 11.2. The highest BCUT2D eigenvalue weighted by molar-refractivity contribution is 6.16. The molecule has 0 atom stereocenters. The summed E-state index contributed by atoms with van der Waals surface area (Å²) in [5, 5.41) is 4.96. The largest absolute Gasteiger partial charge is 0.228 e. The summed E-state index contributed by atoms with van der Waals surface area (Å²) in [4.78, 5) is 10.4. The van der Waals surface area contributed by atoms with Gasteiger partial charge in [0.1, 0.15) is 0 Å². The molecule has 0 unspecified atom stereocenters. The summed E-state index contributed by atoms with van der Waals surface area (Å²) in [6, 6.07) is 74.0. The lowest BCUT2D eigenvalue weighted by molar-refractivity contribution is 1.18. The number of benzene rings is 9. The zero-order valence-corrected chi connectivity index (χ0v) is 30.5. The van der Waals surface area contributed by atoms with Crippen molar-refractivity contribution >= 4 is 21.5 Å². The molecule has 56 heavy (non-hydrogen) atoms. The van der Waals surface area contributed by atoms with E-state index in [0.717, 1.165) is 33.5 Å². The van der Waals surface area contributed by atoms with E-state index in [9.17, 15) is 0 Å². The van der Waals surface area contributed by atoms with E-state index in [1.165, 1.54) is 71.8 Å². The zero-order chi connectivity index (χ0) is 37.0. The van der Waals surface area contributed by atoms with Crippen LogP contribution in [-0.4, -0.2) is 9.97 Å². The molecular formula is C54H34N2. The normalized spacial score (nSPS) is 11.6. The van der Waals surface area contributed by atoms with Gasteiger partial charge in [0.15, 0.2) is 5.82 Å². The molecule has 10 aromatic rings. The van der Waals surface area contributed by atoms with E-state index in [0.29, 0.717) is 5.82 Å². The van der Waals surface area contributed by atoms with Crippen LogP contribution in [-0.2, 0) is 0 Å². The van der Waals surface area contributed by atoms with Gasteiger partial charge < -0.3 is 0 Å². The Morgan fingerprint density at radius 1 is 0.232 bits per heavy atom. The van der Waals surface area contributed by atoms with Crippen molar-refractivity contribution in [1.82, 2.24) is 9.97 Å². The van der Waals surface area contributed by atoms with Gasteiger partial charge in [0.25, 0.3) is 0 Å². The van der Waals surface area contributed by atoms with Crippen molar-refractivity contribution in [3.63, 3.8) is 0 Å². The highest BCUT2D eigenvalue weighted by Crippen LogP contribution is 2.48. The fourth-order valence-corrected chi connectivity index (χ4v) is 8.35. The number of fused-ring (bicyclic) bond motifs is 4. The molecule has 1 aromatic heterocycles. The quantitative estimate of drug-likeness (QED) is 0.172. The van der Waals surface area contributed by atoms with Crippen molar-refractivity contribution in [2.75, 3.05) is 0 Å². The molecular weight excluding hydrogens is 677 g/mol. The van der Waals surface area contributed by atoms with E-state index in [1.807, 2.05) is 12.1 Å². The number of hydrogen-bond acceptors (Lipinski definition) is 2. The minimum atomic E-state index is 0.704. The molecule has 0 saturated heterocycles. The molecule has 0 aliphatic heterocycles. The van der Waals surface area contributed by atoms with E-state index in [1.54, 1.807) is 0 Å². The fourth-order valence-electron chi connectivity index (χ4n) is 8.35. The first-order valence-corrected chi connectivity index (χ1v) is 19.1. The average Bonchev–Trinajstić information content (AvgIpc) is 3.61. The maximum Gasteiger partial charge on any atom is 0.160 e. The van der Waals surface area contributed by atoms with E-state index in [2.05, 4.69) is 194 Å². The molecule has 1 aliphatic rings. The molecule has 1 heterocycles. The Morgan fingerprint density at radius 2 is 0.679 bits per heavy atom. The van der Waals surface area contributed by atoms with Crippen LogP contribution in [0.1, 0.15) is 0 Å². The van der Waals surface area contributed by atoms with Gasteiger partial charge in [-0.3, -0.25) is 0 Å². The van der Waals surface area contributed by atoms with Crippen molar-refractivity contribution in [3.05, 3.63) is 206 Å². The second-order valence-electron chi connectivity index (χ2n) is 14.6. The predicted molar refractivity (Wildman–Crippen MR) is 234 cm³/mol. The Hall–Kier alpha value is -7.42. The lowest BCUT2D eigenvalue weighted by Gasteiger charge is -2.12. The van der Waals surface area contributed by atoms with Gasteiger partial charge in [-0.15, -0.1) is 0 Å². The summed E-state index contributed by atoms with van der Waals surface area (Å²) in [5.74, 6) is 0.704. The smallest absolute Gasteiger partial charge is 0.160 e. The lowest BCUT2D eigenvalue weighted by atomic mass is 9.94. The molecule has 2 nitrogen and oxygen atoms in total. The van der Waals surface area contributed by atoms with Crippen molar-refractivity contribution in [1.29, 1.82) is 0 Å². The van der Waals surface area contributed by atoms with Gasteiger partial charge >= 0.3 is 0 Å². The Morgan fingerprint density at radius 3 is 1.29 bits per heavy atom. The standard InChI is InChI=1S/C54H34N2/c1-3-10-35(11-4-1)37-18-22-39(23-19-37)51-34-52(40-24-20-38(21-25-40)36-12-5-2-6-13-36)56-54(55-51)45-29-28-41-30-43(27-26-42(41)31-45)46-32-44-14-9-17-49-47-15-7-8-16-48(47)50(33-46)53(44)49/h1-34H. The number of nitrogens with zero attached hydrogens (tertiary/aromatic N) is 2. The van der Waals surface area contributed by atoms with E-state index < -0.39 is 0 Å². The van der Waals surface area contributed by atoms with E-state index >= 15 is 0 Å². The summed E-state index contributed by atoms with van der Waals surface area (Å²) in [6.45, 7) is 0. The van der Waals surface area contributed by atoms with Crippen LogP contribution in [0.4, 0.5) is 0 Å². The van der Waals surface area contributed by atoms with Crippen LogP contribution in [0.5, 0.6) is 0 Å². The van der Waals surface area contributed by atoms with Crippen LogP contribution in [0.2, 0.25) is 0 Å². The molecule has 0 bridgehead atoms. The van der Waals surface area contributed by atoms with Crippen LogP contribution in [0.3, 0.4) is 0 Å². The molecule has 0 N–H and O–H groups in total. The second kappa shape index (κ2) is 13.2. The van der Waals surface area contributed by atoms with Gasteiger partial charge in [0, 0.05) is 16.7 Å². The van der Waals surface area contributed by atoms with Crippen LogP contribution >= 0.6 is 0 Å². The van der Waals surface area contributed by atoms with Crippen molar-refractivity contribution in [2.45, 2.75) is 0 Å². The summed E-state index contributed by atoms with van der Waals surface area (Å²) < 4.78 is 0. The summed E-state index contributed by atoms with van der Waals surface area (Å²) >= 11 is 0. The lowest BCUT2D eigenvalue weighted by Crippen LogP contribution is -1.96. The molecule has 1 aliphatic carbocycles. The maximum atomic E-state index is 5.20. The molecule has 2 heteroatoms. The molecule has 9 aromatic carbocycles. The summed E-state index contributed by atoms with van der Waals surface area (Å²) in [5.41, 5.74) is 17.3. The van der Waals surface area contributed by atoms with Crippen LogP contribution < -0.4 is 0 Å². The molecule has 0 radical (unpaired) electrons. The Kier molecular flexibility index (Phi) is 7.53. The van der Waals surface area contributed by atoms with Crippen LogP contribution in [0, 0.1) is 0 Å². The Bertz CT molecular complexity index is 2990. The minimum Gasteiger partial charge on any atom is -0.228 e. The van der Waals surface area contributed by atoms with E-state index in [-0.39, 0.29) is 0 Å². The number of aromatic nitrogens is 2. The van der Waals surface area contributed by atoms with Crippen molar-refractivity contribution in [3.8, 4) is 89.5 Å². The topological polar surface area (TPSA) is 25.8 Å². The van der Waals surface area contributed by atoms with Crippen molar-refractivity contribution < 1.29 is 0 Å². The SMILES string of the molecule is c1ccc(-c2ccc(-c3cc(-c4ccc(-c5ccccc5)cc4)nc(-c4ccc5cc(-c6cc7c8c(cccc8c6)-c6ccccc6-7)ccc5c4)n3)cc2)cc1. The Balaban J connectivity index is 0.983. The van der Waals surface area contributed by atoms with Gasteiger partial charge in [-0.05, 0) is 108 Å². The first kappa shape index (κ1) is 32.0. The summed E-state index contributed by atoms with van der Waals surface area (Å²) in [7, 11) is 0. The fraction of sp³-hybridized carbons (Fsp3) is 0. The third-order valence-corrected chi connectivity index (χ3v) is 11.2. The molecule has 11 rings (SSSR count). The molecule has 0 fully saturated rings. The number of hydrogen-bond donors (Lipinski definition) is 0. The van der Waals surface area contributed by atoms with Gasteiger partial charge in [0.2, 0.25) is 0 Å². The first-order valence-electron chi connectivity index (χ1n) is 19.1. The zero-order valence-electron chi connectivity index (χ0n) is 30.5. The van der Waals surface area contributed by atoms with Crippen LogP contribution in [0.15, 0.2) is 206 Å². The van der Waals surface area contributed by atoms with Crippen LogP contribution in [0.25, 0.3) is 111 Å². The maximum absolute atomic E-state index is 5.20.